The number of ether oxygens (including phenoxy) is 1. The molecule has 0 amide bonds. The van der Waals surface area contributed by atoms with Crippen LogP contribution in [-0.4, -0.2) is 17.0 Å². The summed E-state index contributed by atoms with van der Waals surface area (Å²) in [6.45, 7) is 5.13. The van der Waals surface area contributed by atoms with E-state index in [1.54, 1.807) is 24.3 Å². The Bertz CT molecular complexity index is 1020. The molecule has 3 rings (SSSR count). The molecule has 134 valence electrons. The average molecular weight is 351 g/mol. The average Bonchev–Trinajstić information content (AvgIpc) is 2.62. The fourth-order valence-electron chi connectivity index (χ4n) is 2.65. The summed E-state index contributed by atoms with van der Waals surface area (Å²) in [4.78, 5) is 16.4. The zero-order valence-electron chi connectivity index (χ0n) is 15.0. The number of carbonyl (C=O) groups is 1. The van der Waals surface area contributed by atoms with E-state index >= 15 is 0 Å². The van der Waals surface area contributed by atoms with Crippen LogP contribution in [0.3, 0.4) is 0 Å². The molecule has 26 heavy (non-hydrogen) atoms. The summed E-state index contributed by atoms with van der Waals surface area (Å²) in [5, 5.41) is 11.2. The number of fused-ring (bicyclic) bond motifs is 1. The Hall–Kier alpha value is -2.92. The Kier molecular flexibility index (Phi) is 5.19. The minimum Gasteiger partial charge on any atom is -0.489 e. The van der Waals surface area contributed by atoms with E-state index in [4.69, 9.17) is 9.15 Å². The number of rotatable bonds is 5. The minimum atomic E-state index is -0.226. The van der Waals surface area contributed by atoms with E-state index in [1.165, 1.54) is 6.92 Å². The van der Waals surface area contributed by atoms with Gasteiger partial charge >= 0.3 is 0 Å². The van der Waals surface area contributed by atoms with Crippen molar-refractivity contribution in [1.82, 2.24) is 0 Å². The lowest BCUT2D eigenvalue weighted by Gasteiger charge is -2.12. The fraction of sp³-hybridized carbons (Fsp3) is 0.238. The molecule has 0 atom stereocenters. The van der Waals surface area contributed by atoms with Crippen LogP contribution in [0.15, 0.2) is 57.9 Å². The summed E-state index contributed by atoms with van der Waals surface area (Å²) in [7, 11) is 0. The fourth-order valence-corrected chi connectivity index (χ4v) is 2.65. The standard InChI is InChI=1S/C21H21NO4/c1-13(2)25-20-9-8-15(14(3)24)11-19(20)22-21-18-7-5-4-6-16(18)10-17(12-23)26-21/h4-11,13,23H,12H2,1-3H3/b22-21-. The minimum absolute atomic E-state index is 0.0374. The van der Waals surface area contributed by atoms with Crippen molar-refractivity contribution in [2.45, 2.75) is 33.5 Å². The normalized spacial score (nSPS) is 12.0. The third kappa shape index (κ3) is 3.83. The van der Waals surface area contributed by atoms with Crippen LogP contribution in [0, 0.1) is 0 Å². The van der Waals surface area contributed by atoms with Gasteiger partial charge in [0, 0.05) is 10.9 Å². The summed E-state index contributed by atoms with van der Waals surface area (Å²) < 4.78 is 11.6. The number of Topliss-reactive ketones (excluding diaryl/α,β-unsaturated/α-hetero) is 1. The van der Waals surface area contributed by atoms with Gasteiger partial charge in [-0.3, -0.25) is 4.79 Å². The van der Waals surface area contributed by atoms with Crippen molar-refractivity contribution in [3.05, 3.63) is 65.4 Å². The largest absolute Gasteiger partial charge is 0.489 e. The van der Waals surface area contributed by atoms with E-state index in [-0.39, 0.29) is 18.5 Å². The molecule has 0 saturated carbocycles. The highest BCUT2D eigenvalue weighted by Gasteiger charge is 2.10. The highest BCUT2D eigenvalue weighted by molar-refractivity contribution is 5.95. The van der Waals surface area contributed by atoms with Crippen LogP contribution in [0.2, 0.25) is 0 Å². The molecule has 1 N–H and O–H groups in total. The number of aliphatic hydroxyl groups excluding tert-OH is 1. The number of nitrogens with zero attached hydrogens (tertiary/aromatic N) is 1. The molecular weight excluding hydrogens is 330 g/mol. The Morgan fingerprint density at radius 1 is 1.19 bits per heavy atom. The second-order valence-corrected chi connectivity index (χ2v) is 6.28. The van der Waals surface area contributed by atoms with Gasteiger partial charge in [-0.1, -0.05) is 18.2 Å². The molecule has 0 spiro atoms. The Morgan fingerprint density at radius 2 is 1.96 bits per heavy atom. The molecule has 5 heteroatoms. The molecular formula is C21H21NO4. The lowest BCUT2D eigenvalue weighted by atomic mass is 10.1. The Morgan fingerprint density at radius 3 is 2.65 bits per heavy atom. The molecule has 0 radical (unpaired) electrons. The second-order valence-electron chi connectivity index (χ2n) is 6.28. The molecule has 0 bridgehead atoms. The van der Waals surface area contributed by atoms with Crippen LogP contribution in [0.5, 0.6) is 5.75 Å². The number of benzene rings is 2. The maximum atomic E-state index is 11.8. The van der Waals surface area contributed by atoms with Crippen LogP contribution in [0.4, 0.5) is 5.69 Å². The quantitative estimate of drug-likeness (QED) is 0.701. The Balaban J connectivity index is 2.28. The van der Waals surface area contributed by atoms with Crippen molar-refractivity contribution >= 4 is 22.2 Å². The summed E-state index contributed by atoms with van der Waals surface area (Å²) in [6, 6.07) is 14.6. The molecule has 0 aliphatic carbocycles. The van der Waals surface area contributed by atoms with E-state index < -0.39 is 0 Å². The zero-order valence-corrected chi connectivity index (χ0v) is 15.0. The molecule has 0 aliphatic heterocycles. The van der Waals surface area contributed by atoms with E-state index in [0.717, 1.165) is 10.8 Å². The van der Waals surface area contributed by atoms with Gasteiger partial charge in [0.2, 0.25) is 5.55 Å². The van der Waals surface area contributed by atoms with Crippen molar-refractivity contribution in [1.29, 1.82) is 0 Å². The predicted molar refractivity (Wildman–Crippen MR) is 99.6 cm³/mol. The van der Waals surface area contributed by atoms with Crippen molar-refractivity contribution in [2.24, 2.45) is 4.99 Å². The first-order valence-electron chi connectivity index (χ1n) is 8.47. The molecule has 0 unspecified atom stereocenters. The van der Waals surface area contributed by atoms with Gasteiger partial charge in [0.15, 0.2) is 5.78 Å². The molecule has 3 aromatic rings. The lowest BCUT2D eigenvalue weighted by Crippen LogP contribution is -2.08. The number of hydrogen-bond acceptors (Lipinski definition) is 5. The summed E-state index contributed by atoms with van der Waals surface area (Å²) in [6.07, 6.45) is -0.0374. The van der Waals surface area contributed by atoms with Gasteiger partial charge in [0.05, 0.1) is 6.10 Å². The number of hydrogen-bond donors (Lipinski definition) is 1. The van der Waals surface area contributed by atoms with Gasteiger partial charge in [-0.15, -0.1) is 0 Å². The third-order valence-corrected chi connectivity index (χ3v) is 3.84. The van der Waals surface area contributed by atoms with Gasteiger partial charge in [0.25, 0.3) is 0 Å². The number of ketones is 1. The SMILES string of the molecule is CC(=O)c1ccc(OC(C)C)c(/N=c2\oc(CO)cc3ccccc23)c1. The molecule has 0 aliphatic rings. The van der Waals surface area contributed by atoms with Crippen molar-refractivity contribution < 1.29 is 19.1 Å². The second kappa shape index (κ2) is 7.54. The topological polar surface area (TPSA) is 72.0 Å². The molecule has 1 aromatic heterocycles. The summed E-state index contributed by atoms with van der Waals surface area (Å²) >= 11 is 0. The van der Waals surface area contributed by atoms with Crippen LogP contribution >= 0.6 is 0 Å². The van der Waals surface area contributed by atoms with Gasteiger partial charge in [-0.05, 0) is 56.5 Å². The zero-order chi connectivity index (χ0) is 18.7. The van der Waals surface area contributed by atoms with Crippen LogP contribution < -0.4 is 10.3 Å². The highest BCUT2D eigenvalue weighted by Crippen LogP contribution is 2.30. The highest BCUT2D eigenvalue weighted by atomic mass is 16.5. The van der Waals surface area contributed by atoms with E-state index in [1.807, 2.05) is 38.1 Å². The predicted octanol–water partition coefficient (Wildman–Crippen LogP) is 4.15. The van der Waals surface area contributed by atoms with Gasteiger partial charge < -0.3 is 14.3 Å². The lowest BCUT2D eigenvalue weighted by molar-refractivity contribution is 0.101. The first kappa shape index (κ1) is 17.9. The van der Waals surface area contributed by atoms with E-state index in [2.05, 4.69) is 4.99 Å². The summed E-state index contributed by atoms with van der Waals surface area (Å²) in [5.74, 6) is 0.929. The maximum Gasteiger partial charge on any atom is 0.227 e. The molecule has 0 saturated heterocycles. The maximum absolute atomic E-state index is 11.8. The first-order chi connectivity index (χ1) is 12.5. The number of carbonyl (C=O) groups excluding carboxylic acids is 1. The van der Waals surface area contributed by atoms with E-state index in [9.17, 15) is 9.90 Å². The molecule has 0 fully saturated rings. The third-order valence-electron chi connectivity index (χ3n) is 3.84. The molecule has 1 heterocycles. The van der Waals surface area contributed by atoms with E-state index in [0.29, 0.717) is 28.3 Å². The van der Waals surface area contributed by atoms with Crippen LogP contribution in [0.25, 0.3) is 10.8 Å². The number of aliphatic hydroxyl groups is 1. The molecule has 5 nitrogen and oxygen atoms in total. The smallest absolute Gasteiger partial charge is 0.227 e. The monoisotopic (exact) mass is 351 g/mol. The first-order valence-corrected chi connectivity index (χ1v) is 8.47. The van der Waals surface area contributed by atoms with Gasteiger partial charge in [-0.2, -0.15) is 0 Å². The van der Waals surface area contributed by atoms with Gasteiger partial charge in [-0.25, -0.2) is 4.99 Å². The van der Waals surface area contributed by atoms with Crippen molar-refractivity contribution in [2.75, 3.05) is 0 Å². The van der Waals surface area contributed by atoms with Crippen molar-refractivity contribution in [3.63, 3.8) is 0 Å². The molecule has 2 aromatic carbocycles. The summed E-state index contributed by atoms with van der Waals surface area (Å²) in [5.41, 5.74) is 1.42. The Labute approximate surface area is 151 Å². The van der Waals surface area contributed by atoms with Crippen LogP contribution in [-0.2, 0) is 6.61 Å². The van der Waals surface area contributed by atoms with Crippen LogP contribution in [0.1, 0.15) is 36.9 Å². The van der Waals surface area contributed by atoms with Crippen molar-refractivity contribution in [3.8, 4) is 5.75 Å². The van der Waals surface area contributed by atoms with Gasteiger partial charge in [0.1, 0.15) is 23.8 Å².